The third-order valence-electron chi connectivity index (χ3n) is 1.36. The molecule has 0 atom stereocenters. The molecule has 1 aromatic rings. The molecular formula is C6H7BFNO3. The first-order valence-corrected chi connectivity index (χ1v) is 3.20. The molecule has 0 aliphatic rings. The molecule has 0 bridgehead atoms. The molecule has 0 saturated carbocycles. The minimum atomic E-state index is -1.77. The Kier molecular flexibility index (Phi) is 2.62. The van der Waals surface area contributed by atoms with Crippen LogP contribution in [-0.4, -0.2) is 29.3 Å². The summed E-state index contributed by atoms with van der Waals surface area (Å²) in [4.78, 5) is 3.44. The monoisotopic (exact) mass is 171 g/mol. The normalized spacial score (nSPS) is 9.67. The molecule has 64 valence electrons. The zero-order valence-corrected chi connectivity index (χ0v) is 6.36. The molecular weight excluding hydrogens is 164 g/mol. The van der Waals surface area contributed by atoms with E-state index in [1.165, 1.54) is 7.11 Å². The number of ether oxygens (including phenoxy) is 1. The first-order valence-electron chi connectivity index (χ1n) is 3.20. The van der Waals surface area contributed by atoms with Crippen molar-refractivity contribution >= 4 is 12.6 Å². The molecule has 2 N–H and O–H groups in total. The largest absolute Gasteiger partial charge is 0.494 e. The molecule has 6 heteroatoms. The van der Waals surface area contributed by atoms with Crippen LogP contribution < -0.4 is 10.2 Å². The summed E-state index contributed by atoms with van der Waals surface area (Å²) in [6.07, 6.45) is 2.07. The van der Waals surface area contributed by atoms with E-state index in [0.29, 0.717) is 0 Å². The van der Waals surface area contributed by atoms with Gasteiger partial charge in [-0.3, -0.25) is 4.98 Å². The van der Waals surface area contributed by atoms with E-state index in [9.17, 15) is 4.39 Å². The van der Waals surface area contributed by atoms with Gasteiger partial charge in [0.1, 0.15) is 0 Å². The molecule has 0 saturated heterocycles. The second-order valence-electron chi connectivity index (χ2n) is 2.12. The molecule has 12 heavy (non-hydrogen) atoms. The minimum Gasteiger partial charge on any atom is -0.494 e. The Morgan fingerprint density at radius 1 is 1.50 bits per heavy atom. The Morgan fingerprint density at radius 3 is 2.58 bits per heavy atom. The van der Waals surface area contributed by atoms with Gasteiger partial charge in [-0.15, -0.1) is 0 Å². The van der Waals surface area contributed by atoms with Crippen LogP contribution in [0.1, 0.15) is 0 Å². The maximum Gasteiger partial charge on any atom is 0.493 e. The van der Waals surface area contributed by atoms with Gasteiger partial charge in [-0.05, 0) is 0 Å². The van der Waals surface area contributed by atoms with Crippen molar-refractivity contribution < 1.29 is 19.2 Å². The van der Waals surface area contributed by atoms with E-state index in [0.717, 1.165) is 12.4 Å². The van der Waals surface area contributed by atoms with E-state index in [-0.39, 0.29) is 11.2 Å². The fraction of sp³-hybridized carbons (Fsp3) is 0.167. The first-order chi connectivity index (χ1) is 5.66. The summed E-state index contributed by atoms with van der Waals surface area (Å²) in [7, 11) is -0.534. The van der Waals surface area contributed by atoms with Gasteiger partial charge in [0.25, 0.3) is 0 Å². The first kappa shape index (κ1) is 8.96. The van der Waals surface area contributed by atoms with Gasteiger partial charge in [0.15, 0.2) is 11.6 Å². The Hall–Kier alpha value is -1.14. The Morgan fingerprint density at radius 2 is 2.17 bits per heavy atom. The highest BCUT2D eigenvalue weighted by Gasteiger charge is 2.19. The third-order valence-corrected chi connectivity index (χ3v) is 1.36. The predicted octanol–water partition coefficient (Wildman–Crippen LogP) is -1.09. The van der Waals surface area contributed by atoms with Crippen LogP contribution >= 0.6 is 0 Å². The number of methoxy groups -OCH3 is 1. The number of hydrogen-bond donors (Lipinski definition) is 2. The lowest BCUT2D eigenvalue weighted by molar-refractivity contribution is 0.380. The fourth-order valence-corrected chi connectivity index (χ4v) is 0.837. The average molecular weight is 171 g/mol. The Labute approximate surface area is 68.8 Å². The van der Waals surface area contributed by atoms with Gasteiger partial charge >= 0.3 is 7.12 Å². The Balaban J connectivity index is 3.18. The summed E-state index contributed by atoms with van der Waals surface area (Å²) < 4.78 is 17.4. The van der Waals surface area contributed by atoms with Crippen LogP contribution in [-0.2, 0) is 0 Å². The van der Waals surface area contributed by atoms with Gasteiger partial charge in [-0.1, -0.05) is 0 Å². The van der Waals surface area contributed by atoms with E-state index < -0.39 is 12.9 Å². The van der Waals surface area contributed by atoms with Gasteiger partial charge < -0.3 is 14.8 Å². The molecule has 4 nitrogen and oxygen atoms in total. The van der Waals surface area contributed by atoms with Gasteiger partial charge in [0.05, 0.1) is 13.3 Å². The van der Waals surface area contributed by atoms with Crippen LogP contribution in [0.5, 0.6) is 5.75 Å². The highest BCUT2D eigenvalue weighted by molar-refractivity contribution is 6.59. The van der Waals surface area contributed by atoms with Crippen LogP contribution in [0.15, 0.2) is 12.4 Å². The molecule has 0 aromatic carbocycles. The maximum absolute atomic E-state index is 12.8. The van der Waals surface area contributed by atoms with Crippen LogP contribution in [0.3, 0.4) is 0 Å². The van der Waals surface area contributed by atoms with Crippen molar-refractivity contribution in [3.8, 4) is 5.75 Å². The number of hydrogen-bond acceptors (Lipinski definition) is 4. The molecule has 0 amide bonds. The second-order valence-corrected chi connectivity index (χ2v) is 2.12. The highest BCUT2D eigenvalue weighted by Crippen LogP contribution is 2.10. The minimum absolute atomic E-state index is 0.0856. The van der Waals surface area contributed by atoms with Crippen molar-refractivity contribution in [1.29, 1.82) is 0 Å². The summed E-state index contributed by atoms with van der Waals surface area (Å²) in [5.74, 6) is -0.914. The summed E-state index contributed by atoms with van der Waals surface area (Å²) in [5.41, 5.74) is -0.0856. The van der Waals surface area contributed by atoms with Crippen molar-refractivity contribution in [2.45, 2.75) is 0 Å². The number of nitrogens with zero attached hydrogens (tertiary/aromatic N) is 1. The van der Waals surface area contributed by atoms with Crippen molar-refractivity contribution in [2.75, 3.05) is 7.11 Å². The van der Waals surface area contributed by atoms with Crippen LogP contribution in [0.4, 0.5) is 4.39 Å². The zero-order chi connectivity index (χ0) is 9.14. The lowest BCUT2D eigenvalue weighted by Gasteiger charge is -2.06. The predicted molar refractivity (Wildman–Crippen MR) is 40.6 cm³/mol. The third kappa shape index (κ3) is 1.54. The summed E-state index contributed by atoms with van der Waals surface area (Å²) in [5, 5.41) is 17.5. The molecule has 1 rings (SSSR count). The smallest absolute Gasteiger partial charge is 0.493 e. The molecule has 1 heterocycles. The maximum atomic E-state index is 12.8. The van der Waals surface area contributed by atoms with Crippen molar-refractivity contribution in [1.82, 2.24) is 4.98 Å². The zero-order valence-electron chi connectivity index (χ0n) is 6.36. The molecule has 1 aromatic heterocycles. The van der Waals surface area contributed by atoms with Crippen LogP contribution in [0, 0.1) is 5.82 Å². The molecule has 0 fully saturated rings. The van der Waals surface area contributed by atoms with Crippen LogP contribution in [0.2, 0.25) is 0 Å². The van der Waals surface area contributed by atoms with Gasteiger partial charge in [0, 0.05) is 11.7 Å². The van der Waals surface area contributed by atoms with E-state index in [4.69, 9.17) is 10.0 Å². The van der Waals surface area contributed by atoms with Gasteiger partial charge in [0.2, 0.25) is 0 Å². The number of aromatic nitrogens is 1. The lowest BCUT2D eigenvalue weighted by atomic mass is 9.81. The Bertz CT molecular complexity index is 281. The van der Waals surface area contributed by atoms with Gasteiger partial charge in [-0.2, -0.15) is 0 Å². The summed E-state index contributed by atoms with van der Waals surface area (Å²) in [6.45, 7) is 0. The van der Waals surface area contributed by atoms with E-state index in [1.54, 1.807) is 0 Å². The second kappa shape index (κ2) is 3.51. The standard InChI is InChI=1S/C6H7BFNO3/c1-12-6-4(7(10)11)2-9-3-5(6)8/h2-3,10-11H,1H3. The van der Waals surface area contributed by atoms with Crippen molar-refractivity contribution in [2.24, 2.45) is 0 Å². The molecule has 0 aliphatic heterocycles. The topological polar surface area (TPSA) is 62.6 Å². The molecule has 0 aliphatic carbocycles. The summed E-state index contributed by atoms with van der Waals surface area (Å²) in [6, 6.07) is 0. The van der Waals surface area contributed by atoms with Crippen LogP contribution in [0.25, 0.3) is 0 Å². The van der Waals surface area contributed by atoms with E-state index in [1.807, 2.05) is 0 Å². The number of pyridine rings is 1. The SMILES string of the molecule is COc1c(F)cncc1B(O)O. The fourth-order valence-electron chi connectivity index (χ4n) is 0.837. The summed E-state index contributed by atoms with van der Waals surface area (Å²) >= 11 is 0. The quantitative estimate of drug-likeness (QED) is 0.555. The van der Waals surface area contributed by atoms with E-state index >= 15 is 0 Å². The number of rotatable bonds is 2. The van der Waals surface area contributed by atoms with E-state index in [2.05, 4.69) is 9.72 Å². The number of halogens is 1. The average Bonchev–Trinajstić information content (AvgIpc) is 2.03. The lowest BCUT2D eigenvalue weighted by Crippen LogP contribution is -2.32. The molecule has 0 spiro atoms. The van der Waals surface area contributed by atoms with Crippen molar-refractivity contribution in [3.63, 3.8) is 0 Å². The van der Waals surface area contributed by atoms with Gasteiger partial charge in [-0.25, -0.2) is 4.39 Å². The molecule has 0 unspecified atom stereocenters. The molecule has 0 radical (unpaired) electrons. The van der Waals surface area contributed by atoms with Crippen molar-refractivity contribution in [3.05, 3.63) is 18.2 Å². The highest BCUT2D eigenvalue weighted by atomic mass is 19.1.